The summed E-state index contributed by atoms with van der Waals surface area (Å²) in [6.45, 7) is 6.16. The molecule has 0 atom stereocenters. The zero-order valence-electron chi connectivity index (χ0n) is 20.4. The number of nitrogens with zero attached hydrogens (tertiary/aromatic N) is 3. The Kier molecular flexibility index (Phi) is 7.20. The molecule has 0 amide bonds. The first-order valence-electron chi connectivity index (χ1n) is 11.8. The van der Waals surface area contributed by atoms with Gasteiger partial charge >= 0.3 is 0 Å². The van der Waals surface area contributed by atoms with Gasteiger partial charge in [0.15, 0.2) is 0 Å². The van der Waals surface area contributed by atoms with E-state index in [0.717, 1.165) is 56.0 Å². The Morgan fingerprint density at radius 2 is 1.78 bits per heavy atom. The molecule has 5 aromatic rings. The van der Waals surface area contributed by atoms with Crippen molar-refractivity contribution in [3.63, 3.8) is 0 Å². The number of hydrogen-bond donors (Lipinski definition) is 0. The summed E-state index contributed by atoms with van der Waals surface area (Å²) in [4.78, 5) is 12.1. The molecule has 0 N–H and O–H groups in total. The van der Waals surface area contributed by atoms with E-state index in [1.807, 2.05) is 36.4 Å². The van der Waals surface area contributed by atoms with E-state index in [0.29, 0.717) is 17.0 Å². The molecule has 0 unspecified atom stereocenters. The minimum atomic E-state index is 0.500. The summed E-state index contributed by atoms with van der Waals surface area (Å²) in [6, 6.07) is 24.3. The van der Waals surface area contributed by atoms with Crippen LogP contribution in [-0.4, -0.2) is 25.2 Å². The number of rotatable bonds is 7. The molecule has 0 radical (unpaired) electrons. The highest BCUT2D eigenvalue weighted by Gasteiger charge is 2.14. The number of hydrogen-bond acceptors (Lipinski definition) is 6. The fraction of sp³-hybridized carbons (Fsp3) is 0.172. The van der Waals surface area contributed by atoms with Gasteiger partial charge in [0.2, 0.25) is 5.55 Å². The zero-order valence-corrected chi connectivity index (χ0v) is 22.8. The third-order valence-corrected chi connectivity index (χ3v) is 7.45. The molecule has 5 nitrogen and oxygen atoms in total. The molecule has 5 rings (SSSR count). The quantitative estimate of drug-likeness (QED) is 0.202. The Morgan fingerprint density at radius 1 is 1.00 bits per heavy atom. The molecule has 0 fully saturated rings. The lowest BCUT2D eigenvalue weighted by Crippen LogP contribution is -2.21. The number of fused-ring (bicyclic) bond motifs is 1. The van der Waals surface area contributed by atoms with E-state index in [-0.39, 0.29) is 0 Å². The topological polar surface area (TPSA) is 50.9 Å². The molecule has 0 spiro atoms. The largest absolute Gasteiger partial charge is 0.494 e. The van der Waals surface area contributed by atoms with Gasteiger partial charge in [-0.15, -0.1) is 11.3 Å². The third kappa shape index (κ3) is 4.94. The fourth-order valence-corrected chi connectivity index (χ4v) is 5.21. The monoisotopic (exact) mass is 559 g/mol. The van der Waals surface area contributed by atoms with Gasteiger partial charge in [-0.1, -0.05) is 40.2 Å². The molecule has 2 heterocycles. The Balaban J connectivity index is 1.70. The van der Waals surface area contributed by atoms with E-state index in [2.05, 4.69) is 76.5 Å². The molecule has 0 aliphatic rings. The third-order valence-electron chi connectivity index (χ3n) is 6.04. The van der Waals surface area contributed by atoms with Crippen LogP contribution < -0.4 is 15.2 Å². The maximum Gasteiger partial charge on any atom is 0.230 e. The molecule has 0 saturated heterocycles. The first-order valence-corrected chi connectivity index (χ1v) is 13.5. The highest BCUT2D eigenvalue weighted by atomic mass is 79.9. The van der Waals surface area contributed by atoms with Crippen molar-refractivity contribution < 1.29 is 9.15 Å². The summed E-state index contributed by atoms with van der Waals surface area (Å²) < 4.78 is 13.1. The van der Waals surface area contributed by atoms with Crippen molar-refractivity contribution in [3.8, 4) is 27.6 Å². The summed E-state index contributed by atoms with van der Waals surface area (Å²) >= 11 is 5.08. The van der Waals surface area contributed by atoms with Gasteiger partial charge in [-0.05, 0) is 56.3 Å². The summed E-state index contributed by atoms with van der Waals surface area (Å²) in [6.07, 6.45) is 0. The lowest BCUT2D eigenvalue weighted by atomic mass is 10.1. The zero-order chi connectivity index (χ0) is 25.1. The van der Waals surface area contributed by atoms with Crippen molar-refractivity contribution in [2.45, 2.75) is 13.8 Å². The first kappa shape index (κ1) is 24.3. The van der Waals surface area contributed by atoms with Crippen molar-refractivity contribution >= 4 is 49.6 Å². The van der Waals surface area contributed by atoms with Gasteiger partial charge < -0.3 is 14.1 Å². The summed E-state index contributed by atoms with van der Waals surface area (Å²) in [5, 5.41) is 3.92. The van der Waals surface area contributed by atoms with Gasteiger partial charge in [0, 0.05) is 45.6 Å². The van der Waals surface area contributed by atoms with Crippen LogP contribution in [0, 0.1) is 0 Å². The van der Waals surface area contributed by atoms with Crippen molar-refractivity contribution in [2.75, 3.05) is 25.1 Å². The van der Waals surface area contributed by atoms with E-state index in [1.54, 1.807) is 18.4 Å². The van der Waals surface area contributed by atoms with Crippen molar-refractivity contribution in [1.29, 1.82) is 0 Å². The molecule has 3 aromatic carbocycles. The molecule has 2 aromatic heterocycles. The Labute approximate surface area is 222 Å². The summed E-state index contributed by atoms with van der Waals surface area (Å²) in [5.41, 5.74) is 5.93. The van der Waals surface area contributed by atoms with Crippen LogP contribution in [-0.2, 0) is 0 Å². The molecule has 0 aliphatic carbocycles. The normalized spacial score (nSPS) is 11.7. The molecule has 7 heteroatoms. The van der Waals surface area contributed by atoms with Crippen LogP contribution in [0.2, 0.25) is 0 Å². The van der Waals surface area contributed by atoms with Crippen molar-refractivity contribution in [2.24, 2.45) is 4.99 Å². The number of aromatic nitrogens is 1. The number of ether oxygens (including phenoxy) is 1. The van der Waals surface area contributed by atoms with Crippen LogP contribution >= 0.6 is 27.3 Å². The lowest BCUT2D eigenvalue weighted by molar-refractivity contribution is 0.415. The van der Waals surface area contributed by atoms with Gasteiger partial charge in [-0.25, -0.2) is 9.98 Å². The number of halogens is 1. The first-order chi connectivity index (χ1) is 17.6. The molecular weight excluding hydrogens is 534 g/mol. The van der Waals surface area contributed by atoms with Crippen LogP contribution in [0.25, 0.3) is 32.8 Å². The van der Waals surface area contributed by atoms with Crippen LogP contribution in [0.1, 0.15) is 13.8 Å². The van der Waals surface area contributed by atoms with Crippen LogP contribution in [0.4, 0.5) is 11.4 Å². The average Bonchev–Trinajstić information content (AvgIpc) is 3.40. The van der Waals surface area contributed by atoms with E-state index in [1.165, 1.54) is 0 Å². The van der Waals surface area contributed by atoms with E-state index in [4.69, 9.17) is 19.1 Å². The number of methoxy groups -OCH3 is 1. The van der Waals surface area contributed by atoms with Gasteiger partial charge in [-0.3, -0.25) is 0 Å². The Hall–Kier alpha value is -3.42. The number of anilines is 1. The van der Waals surface area contributed by atoms with Crippen LogP contribution in [0.15, 0.2) is 92.1 Å². The van der Waals surface area contributed by atoms with E-state index in [9.17, 15) is 0 Å². The van der Waals surface area contributed by atoms with Gasteiger partial charge in [-0.2, -0.15) is 0 Å². The average molecular weight is 561 g/mol. The Morgan fingerprint density at radius 3 is 2.53 bits per heavy atom. The molecule has 0 bridgehead atoms. The predicted octanol–water partition coefficient (Wildman–Crippen LogP) is 8.07. The Bertz CT molecular complexity index is 1570. The summed E-state index contributed by atoms with van der Waals surface area (Å²) in [5.74, 6) is 0.685. The minimum absolute atomic E-state index is 0.500. The smallest absolute Gasteiger partial charge is 0.230 e. The summed E-state index contributed by atoms with van der Waals surface area (Å²) in [7, 11) is 1.65. The number of para-hydroxylation sites is 2. The lowest BCUT2D eigenvalue weighted by Gasteiger charge is -2.21. The second kappa shape index (κ2) is 10.7. The number of benzene rings is 3. The SMILES string of the molecule is CCN(CC)c1ccc2cc(-c3nc(-c4ccc(Br)cc4)cs3)c(=Nc3ccccc3OC)oc2c1. The highest BCUT2D eigenvalue weighted by Crippen LogP contribution is 2.32. The van der Waals surface area contributed by atoms with Crippen LogP contribution in [0.5, 0.6) is 5.75 Å². The predicted molar refractivity (Wildman–Crippen MR) is 152 cm³/mol. The van der Waals surface area contributed by atoms with E-state index < -0.39 is 0 Å². The van der Waals surface area contributed by atoms with E-state index >= 15 is 0 Å². The maximum atomic E-state index is 6.47. The van der Waals surface area contributed by atoms with Gasteiger partial charge in [0.25, 0.3) is 0 Å². The highest BCUT2D eigenvalue weighted by molar-refractivity contribution is 9.10. The van der Waals surface area contributed by atoms with Gasteiger partial charge in [0.05, 0.1) is 18.4 Å². The molecule has 182 valence electrons. The van der Waals surface area contributed by atoms with Crippen LogP contribution in [0.3, 0.4) is 0 Å². The fourth-order valence-electron chi connectivity index (χ4n) is 4.11. The van der Waals surface area contributed by atoms with Crippen molar-refractivity contribution in [1.82, 2.24) is 4.98 Å². The molecule has 36 heavy (non-hydrogen) atoms. The second-order valence-corrected chi connectivity index (χ2v) is 9.96. The molecule has 0 aliphatic heterocycles. The van der Waals surface area contributed by atoms with Crippen molar-refractivity contribution in [3.05, 3.63) is 88.2 Å². The maximum absolute atomic E-state index is 6.47. The minimum Gasteiger partial charge on any atom is -0.494 e. The number of thiazole rings is 1. The van der Waals surface area contributed by atoms with Gasteiger partial charge in [0.1, 0.15) is 22.0 Å². The second-order valence-electron chi connectivity index (χ2n) is 8.19. The molecular formula is C29H26BrN3O2S. The standard InChI is InChI=1S/C29H26BrN3O2S/c1-4-33(5-2)22-15-12-20-16-23(29-32-25(18-36-29)19-10-13-21(30)14-11-19)28(35-27(20)17-22)31-24-8-6-7-9-26(24)34-3/h6-18H,4-5H2,1-3H3. The molecule has 0 saturated carbocycles.